The maximum absolute atomic E-state index is 10.9. The molecule has 1 aromatic rings. The minimum absolute atomic E-state index is 0.0718. The van der Waals surface area contributed by atoms with Crippen molar-refractivity contribution in [1.82, 2.24) is 0 Å². The van der Waals surface area contributed by atoms with E-state index in [2.05, 4.69) is 32.0 Å². The number of ether oxygens (including phenoxy) is 1. The van der Waals surface area contributed by atoms with Crippen LogP contribution in [-0.4, -0.2) is 18.3 Å². The quantitative estimate of drug-likeness (QED) is 0.852. The zero-order valence-electron chi connectivity index (χ0n) is 11.0. The van der Waals surface area contributed by atoms with Crippen molar-refractivity contribution in [2.45, 2.75) is 51.2 Å². The predicted molar refractivity (Wildman–Crippen MR) is 69.1 cm³/mol. The van der Waals surface area contributed by atoms with Crippen molar-refractivity contribution >= 4 is 0 Å². The molecule has 1 aromatic carbocycles. The highest BCUT2D eigenvalue weighted by atomic mass is 16.5. The lowest BCUT2D eigenvalue weighted by molar-refractivity contribution is -0.122. The van der Waals surface area contributed by atoms with Gasteiger partial charge in [0.1, 0.15) is 5.60 Å². The van der Waals surface area contributed by atoms with Gasteiger partial charge < -0.3 is 9.84 Å². The number of aliphatic hydroxyl groups is 1. The number of rotatable bonds is 2. The highest BCUT2D eigenvalue weighted by Crippen LogP contribution is 2.39. The van der Waals surface area contributed by atoms with Crippen LogP contribution in [0.2, 0.25) is 0 Å². The zero-order valence-corrected chi connectivity index (χ0v) is 11.0. The second-order valence-corrected chi connectivity index (χ2v) is 5.27. The van der Waals surface area contributed by atoms with E-state index in [1.807, 2.05) is 0 Å². The minimum atomic E-state index is -0.802. The van der Waals surface area contributed by atoms with E-state index in [0.29, 0.717) is 0 Å². The summed E-state index contributed by atoms with van der Waals surface area (Å²) in [6.07, 6.45) is 3.89. The van der Waals surface area contributed by atoms with Crippen LogP contribution >= 0.6 is 0 Å². The molecule has 0 amide bonds. The van der Waals surface area contributed by atoms with E-state index in [1.165, 1.54) is 11.1 Å². The van der Waals surface area contributed by atoms with Crippen LogP contribution in [0.15, 0.2) is 18.2 Å². The normalized spacial score (nSPS) is 29.3. The molecule has 0 bridgehead atoms. The predicted octanol–water partition coefficient (Wildman–Crippen LogP) is 3.08. The van der Waals surface area contributed by atoms with Gasteiger partial charge in [-0.05, 0) is 32.3 Å². The first-order valence-corrected chi connectivity index (χ1v) is 6.40. The van der Waals surface area contributed by atoms with Gasteiger partial charge in [-0.25, -0.2) is 0 Å². The first kappa shape index (κ1) is 12.6. The fourth-order valence-corrected chi connectivity index (χ4v) is 2.99. The third-order valence-electron chi connectivity index (χ3n) is 3.81. The van der Waals surface area contributed by atoms with Gasteiger partial charge in [-0.15, -0.1) is 0 Å². The van der Waals surface area contributed by atoms with Crippen LogP contribution in [0.5, 0.6) is 0 Å². The van der Waals surface area contributed by atoms with Gasteiger partial charge in [0, 0.05) is 7.11 Å². The first-order chi connectivity index (χ1) is 8.06. The smallest absolute Gasteiger partial charge is 0.116 e. The van der Waals surface area contributed by atoms with Gasteiger partial charge in [-0.2, -0.15) is 0 Å². The molecule has 1 aliphatic rings. The number of aryl methyl sites for hydroxylation is 2. The molecule has 0 aliphatic heterocycles. The number of methoxy groups -OCH3 is 1. The summed E-state index contributed by atoms with van der Waals surface area (Å²) in [7, 11) is 1.70. The Labute approximate surface area is 104 Å². The lowest BCUT2D eigenvalue weighted by Crippen LogP contribution is -2.43. The molecule has 2 atom stereocenters. The molecule has 2 nitrogen and oxygen atoms in total. The van der Waals surface area contributed by atoms with Gasteiger partial charge in [-0.1, -0.05) is 42.2 Å². The van der Waals surface area contributed by atoms with Gasteiger partial charge in [-0.3, -0.25) is 0 Å². The maximum Gasteiger partial charge on any atom is 0.116 e. The molecule has 0 spiro atoms. The Kier molecular flexibility index (Phi) is 3.55. The molecule has 1 aliphatic carbocycles. The molecule has 2 rings (SSSR count). The van der Waals surface area contributed by atoms with Crippen molar-refractivity contribution in [3.05, 3.63) is 34.9 Å². The van der Waals surface area contributed by atoms with Crippen molar-refractivity contribution < 1.29 is 9.84 Å². The fraction of sp³-hybridized carbons (Fsp3) is 0.600. The molecular formula is C15H22O2. The Morgan fingerprint density at radius 3 is 2.41 bits per heavy atom. The van der Waals surface area contributed by atoms with Crippen LogP contribution in [0.1, 0.15) is 42.4 Å². The van der Waals surface area contributed by atoms with Crippen molar-refractivity contribution in [1.29, 1.82) is 0 Å². The summed E-state index contributed by atoms with van der Waals surface area (Å²) >= 11 is 0. The maximum atomic E-state index is 10.9. The van der Waals surface area contributed by atoms with Gasteiger partial charge in [0.2, 0.25) is 0 Å². The molecule has 94 valence electrons. The molecule has 2 heteroatoms. The van der Waals surface area contributed by atoms with Gasteiger partial charge in [0.15, 0.2) is 0 Å². The van der Waals surface area contributed by atoms with Gasteiger partial charge >= 0.3 is 0 Å². The third-order valence-corrected chi connectivity index (χ3v) is 3.81. The van der Waals surface area contributed by atoms with E-state index in [9.17, 15) is 5.11 Å². The molecular weight excluding hydrogens is 212 g/mol. The van der Waals surface area contributed by atoms with E-state index >= 15 is 0 Å². The highest BCUT2D eigenvalue weighted by Gasteiger charge is 2.40. The zero-order chi connectivity index (χ0) is 12.5. The van der Waals surface area contributed by atoms with Crippen LogP contribution in [0, 0.1) is 13.8 Å². The summed E-state index contributed by atoms with van der Waals surface area (Å²) in [4.78, 5) is 0. The van der Waals surface area contributed by atoms with Crippen LogP contribution in [0.3, 0.4) is 0 Å². The Balaban J connectivity index is 2.40. The molecule has 0 saturated heterocycles. The van der Waals surface area contributed by atoms with E-state index < -0.39 is 5.60 Å². The molecule has 1 N–H and O–H groups in total. The number of hydrogen-bond donors (Lipinski definition) is 1. The molecule has 0 radical (unpaired) electrons. The number of hydrogen-bond acceptors (Lipinski definition) is 2. The number of benzene rings is 1. The molecule has 2 unspecified atom stereocenters. The Bertz CT molecular complexity index is 380. The van der Waals surface area contributed by atoms with E-state index in [4.69, 9.17) is 4.74 Å². The van der Waals surface area contributed by atoms with E-state index in [0.717, 1.165) is 31.2 Å². The molecule has 1 saturated carbocycles. The topological polar surface area (TPSA) is 29.5 Å². The monoisotopic (exact) mass is 234 g/mol. The Hall–Kier alpha value is -0.860. The second kappa shape index (κ2) is 4.79. The van der Waals surface area contributed by atoms with Crippen LogP contribution < -0.4 is 0 Å². The summed E-state index contributed by atoms with van der Waals surface area (Å²) in [6, 6.07) is 6.31. The van der Waals surface area contributed by atoms with Crippen molar-refractivity contribution in [2.75, 3.05) is 7.11 Å². The first-order valence-electron chi connectivity index (χ1n) is 6.40. The third kappa shape index (κ3) is 2.38. The summed E-state index contributed by atoms with van der Waals surface area (Å²) in [5, 5.41) is 10.9. The molecule has 1 fully saturated rings. The standard InChI is InChI=1S/C15H22O2/c1-11-8-12(2)10-13(9-11)15(16)7-5-4-6-14(15)17-3/h8-10,14,16H,4-7H2,1-3H3. The largest absolute Gasteiger partial charge is 0.382 e. The molecule has 0 aromatic heterocycles. The minimum Gasteiger partial charge on any atom is -0.382 e. The van der Waals surface area contributed by atoms with Gasteiger partial charge in [0.05, 0.1) is 6.10 Å². The highest BCUT2D eigenvalue weighted by molar-refractivity contribution is 5.33. The molecule has 17 heavy (non-hydrogen) atoms. The van der Waals surface area contributed by atoms with Crippen LogP contribution in [0.4, 0.5) is 0 Å². The van der Waals surface area contributed by atoms with E-state index in [1.54, 1.807) is 7.11 Å². The second-order valence-electron chi connectivity index (χ2n) is 5.27. The molecule has 0 heterocycles. The van der Waals surface area contributed by atoms with Crippen LogP contribution in [0.25, 0.3) is 0 Å². The summed E-state index contributed by atoms with van der Waals surface area (Å²) in [5.74, 6) is 0. The fourth-order valence-electron chi connectivity index (χ4n) is 2.99. The average Bonchev–Trinajstić information content (AvgIpc) is 2.28. The average molecular weight is 234 g/mol. The SMILES string of the molecule is COC1CCCCC1(O)c1cc(C)cc(C)c1. The summed E-state index contributed by atoms with van der Waals surface area (Å²) in [5.41, 5.74) is 2.62. The lowest BCUT2D eigenvalue weighted by atomic mass is 9.76. The summed E-state index contributed by atoms with van der Waals surface area (Å²) in [6.45, 7) is 4.15. The van der Waals surface area contributed by atoms with E-state index in [-0.39, 0.29) is 6.10 Å². The summed E-state index contributed by atoms with van der Waals surface area (Å²) < 4.78 is 5.49. The Morgan fingerprint density at radius 1 is 1.18 bits per heavy atom. The Morgan fingerprint density at radius 2 is 1.82 bits per heavy atom. The van der Waals surface area contributed by atoms with Crippen molar-refractivity contribution in [3.8, 4) is 0 Å². The van der Waals surface area contributed by atoms with Crippen molar-refractivity contribution in [2.24, 2.45) is 0 Å². The van der Waals surface area contributed by atoms with Crippen LogP contribution in [-0.2, 0) is 10.3 Å². The lowest BCUT2D eigenvalue weighted by Gasteiger charge is -2.39. The van der Waals surface area contributed by atoms with Gasteiger partial charge in [0.25, 0.3) is 0 Å². The van der Waals surface area contributed by atoms with Crippen molar-refractivity contribution in [3.63, 3.8) is 0 Å².